The predicted molar refractivity (Wildman–Crippen MR) is 80.0 cm³/mol. The number of aromatic amines is 1. The zero-order valence-electron chi connectivity index (χ0n) is 13.0. The lowest BCUT2D eigenvalue weighted by Crippen LogP contribution is -2.38. The number of methoxy groups -OCH3 is 1. The lowest BCUT2D eigenvalue weighted by molar-refractivity contribution is -0.137. The topological polar surface area (TPSA) is 58.2 Å². The van der Waals surface area contributed by atoms with Gasteiger partial charge in [-0.15, -0.1) is 0 Å². The normalized spacial score (nSPS) is 14.8. The molecule has 1 aromatic carbocycles. The van der Waals surface area contributed by atoms with E-state index in [9.17, 15) is 18.0 Å². The van der Waals surface area contributed by atoms with Crippen LogP contribution in [0.4, 0.5) is 13.2 Å². The fraction of sp³-hybridized carbons (Fsp3) is 0.375. The van der Waals surface area contributed by atoms with E-state index in [0.717, 1.165) is 17.8 Å². The number of hydrogen-bond acceptors (Lipinski definition) is 3. The minimum Gasteiger partial charge on any atom is -0.383 e. The van der Waals surface area contributed by atoms with E-state index in [0.29, 0.717) is 36.5 Å². The van der Waals surface area contributed by atoms with Gasteiger partial charge in [0.15, 0.2) is 0 Å². The summed E-state index contributed by atoms with van der Waals surface area (Å²) in [6.07, 6.45) is -4.31. The number of aromatic nitrogens is 2. The number of nitrogens with one attached hydrogen (secondary N) is 1. The van der Waals surface area contributed by atoms with Gasteiger partial charge in [0, 0.05) is 24.8 Å². The van der Waals surface area contributed by atoms with Crippen LogP contribution in [0.25, 0.3) is 11.3 Å². The summed E-state index contributed by atoms with van der Waals surface area (Å²) >= 11 is 0. The van der Waals surface area contributed by atoms with Crippen LogP contribution in [-0.4, -0.2) is 41.3 Å². The highest BCUT2D eigenvalue weighted by atomic mass is 19.4. The molecule has 0 unspecified atom stereocenters. The molecular weight excluding hydrogens is 323 g/mol. The molecule has 0 fully saturated rings. The summed E-state index contributed by atoms with van der Waals surface area (Å²) in [5.74, 6) is -0.0887. The Bertz CT molecular complexity index is 755. The van der Waals surface area contributed by atoms with Gasteiger partial charge in [0.05, 0.1) is 36.5 Å². The summed E-state index contributed by atoms with van der Waals surface area (Å²) in [5, 5.41) is 6.98. The first-order chi connectivity index (χ1) is 11.4. The molecule has 0 saturated heterocycles. The number of alkyl halides is 3. The largest absolute Gasteiger partial charge is 0.416 e. The molecule has 1 N–H and O–H groups in total. The Morgan fingerprint density at radius 3 is 2.88 bits per heavy atom. The lowest BCUT2D eigenvalue weighted by Gasteiger charge is -2.26. The Hall–Kier alpha value is -2.35. The Morgan fingerprint density at radius 2 is 2.17 bits per heavy atom. The van der Waals surface area contributed by atoms with Crippen molar-refractivity contribution in [3.05, 3.63) is 41.1 Å². The Kier molecular flexibility index (Phi) is 4.31. The first-order valence-electron chi connectivity index (χ1n) is 7.40. The molecule has 0 atom stereocenters. The molecular formula is C16H16F3N3O2. The number of H-pyrrole nitrogens is 1. The van der Waals surface area contributed by atoms with Gasteiger partial charge in [-0.3, -0.25) is 9.89 Å². The van der Waals surface area contributed by atoms with Crippen LogP contribution in [0, 0.1) is 0 Å². The molecule has 3 rings (SSSR count). The molecule has 2 aromatic rings. The van der Waals surface area contributed by atoms with Crippen LogP contribution < -0.4 is 0 Å². The summed E-state index contributed by atoms with van der Waals surface area (Å²) in [6, 6.07) is 4.97. The van der Waals surface area contributed by atoms with Gasteiger partial charge < -0.3 is 9.64 Å². The molecule has 5 nitrogen and oxygen atoms in total. The fourth-order valence-corrected chi connectivity index (χ4v) is 2.75. The minimum absolute atomic E-state index is 0.0887. The maximum Gasteiger partial charge on any atom is 0.416 e. The van der Waals surface area contributed by atoms with E-state index in [1.807, 2.05) is 0 Å². The van der Waals surface area contributed by atoms with Gasteiger partial charge in [0.25, 0.3) is 0 Å². The van der Waals surface area contributed by atoms with Crippen molar-refractivity contribution in [3.63, 3.8) is 0 Å². The van der Waals surface area contributed by atoms with Crippen molar-refractivity contribution in [2.75, 3.05) is 20.3 Å². The molecule has 0 aliphatic carbocycles. The molecule has 2 heterocycles. The van der Waals surface area contributed by atoms with E-state index in [1.54, 1.807) is 18.1 Å². The van der Waals surface area contributed by atoms with E-state index >= 15 is 0 Å². The number of fused-ring (bicyclic) bond motifs is 1. The first-order valence-corrected chi connectivity index (χ1v) is 7.40. The van der Waals surface area contributed by atoms with Gasteiger partial charge in [0.1, 0.15) is 0 Å². The predicted octanol–water partition coefficient (Wildman–Crippen LogP) is 2.63. The van der Waals surface area contributed by atoms with Crippen molar-refractivity contribution in [1.82, 2.24) is 15.1 Å². The third kappa shape index (κ3) is 3.14. The lowest BCUT2D eigenvalue weighted by atomic mass is 9.98. The average Bonchev–Trinajstić information content (AvgIpc) is 2.94. The number of amides is 1. The maximum absolute atomic E-state index is 12.9. The highest BCUT2D eigenvalue weighted by molar-refractivity contribution is 5.83. The van der Waals surface area contributed by atoms with Crippen LogP contribution in [0.5, 0.6) is 0 Å². The smallest absolute Gasteiger partial charge is 0.383 e. The number of nitrogens with zero attached hydrogens (tertiary/aromatic N) is 2. The standard InChI is InChI=1S/C16H16F3N3O2/c1-24-6-5-22-9-13-12(8-14(22)23)15(21-20-13)10-3-2-4-11(7-10)16(17,18)19/h2-4,7H,5-6,8-9H2,1H3,(H,20,21). The van der Waals surface area contributed by atoms with Crippen LogP contribution in [0.3, 0.4) is 0 Å². The third-order valence-corrected chi connectivity index (χ3v) is 4.01. The van der Waals surface area contributed by atoms with Gasteiger partial charge in [-0.1, -0.05) is 12.1 Å². The molecule has 1 aromatic heterocycles. The number of carbonyl (C=O) groups excluding carboxylic acids is 1. The Balaban J connectivity index is 1.91. The number of hydrogen-bond donors (Lipinski definition) is 1. The SMILES string of the molecule is COCCN1Cc2[nH]nc(-c3cccc(C(F)(F)F)c3)c2CC1=O. The second kappa shape index (κ2) is 6.27. The van der Waals surface area contributed by atoms with Crippen LogP contribution in [-0.2, 0) is 28.7 Å². The van der Waals surface area contributed by atoms with Crippen LogP contribution in [0.1, 0.15) is 16.8 Å². The van der Waals surface area contributed by atoms with Crippen molar-refractivity contribution in [3.8, 4) is 11.3 Å². The first kappa shape index (κ1) is 16.5. The number of halogens is 3. The van der Waals surface area contributed by atoms with E-state index < -0.39 is 11.7 Å². The summed E-state index contributed by atoms with van der Waals surface area (Å²) in [4.78, 5) is 13.9. The zero-order valence-corrected chi connectivity index (χ0v) is 13.0. The van der Waals surface area contributed by atoms with Crippen molar-refractivity contribution >= 4 is 5.91 Å². The molecule has 0 bridgehead atoms. The van der Waals surface area contributed by atoms with Gasteiger partial charge in [-0.05, 0) is 12.1 Å². The summed E-state index contributed by atoms with van der Waals surface area (Å²) in [7, 11) is 1.56. The van der Waals surface area contributed by atoms with Crippen LogP contribution >= 0.6 is 0 Å². The van der Waals surface area contributed by atoms with E-state index in [-0.39, 0.29) is 12.3 Å². The quantitative estimate of drug-likeness (QED) is 0.932. The fourth-order valence-electron chi connectivity index (χ4n) is 2.75. The van der Waals surface area contributed by atoms with Crippen LogP contribution in [0.15, 0.2) is 24.3 Å². The third-order valence-electron chi connectivity index (χ3n) is 4.01. The number of rotatable bonds is 4. The monoisotopic (exact) mass is 339 g/mol. The summed E-state index contributed by atoms with van der Waals surface area (Å²) in [6.45, 7) is 1.24. The molecule has 0 spiro atoms. The zero-order chi connectivity index (χ0) is 17.3. The molecule has 128 valence electrons. The second-order valence-electron chi connectivity index (χ2n) is 5.59. The van der Waals surface area contributed by atoms with Crippen LogP contribution in [0.2, 0.25) is 0 Å². The highest BCUT2D eigenvalue weighted by Gasteiger charge is 2.32. The number of benzene rings is 1. The molecule has 1 amide bonds. The van der Waals surface area contributed by atoms with E-state index in [2.05, 4.69) is 10.2 Å². The Morgan fingerprint density at radius 1 is 1.38 bits per heavy atom. The van der Waals surface area contributed by atoms with Crippen molar-refractivity contribution in [2.24, 2.45) is 0 Å². The minimum atomic E-state index is -4.42. The van der Waals surface area contributed by atoms with E-state index in [1.165, 1.54) is 6.07 Å². The summed E-state index contributed by atoms with van der Waals surface area (Å²) in [5.41, 5.74) is 1.42. The number of ether oxygens (including phenoxy) is 1. The van der Waals surface area contributed by atoms with Crippen molar-refractivity contribution in [2.45, 2.75) is 19.1 Å². The molecule has 1 aliphatic rings. The molecule has 0 saturated carbocycles. The Labute approximate surface area is 136 Å². The second-order valence-corrected chi connectivity index (χ2v) is 5.59. The van der Waals surface area contributed by atoms with Gasteiger partial charge in [0.2, 0.25) is 5.91 Å². The summed E-state index contributed by atoms with van der Waals surface area (Å²) < 4.78 is 43.6. The molecule has 24 heavy (non-hydrogen) atoms. The van der Waals surface area contributed by atoms with E-state index in [4.69, 9.17) is 4.74 Å². The number of carbonyl (C=O) groups is 1. The maximum atomic E-state index is 12.9. The molecule has 1 aliphatic heterocycles. The van der Waals surface area contributed by atoms with Crippen molar-refractivity contribution < 1.29 is 22.7 Å². The van der Waals surface area contributed by atoms with Gasteiger partial charge >= 0.3 is 6.18 Å². The average molecular weight is 339 g/mol. The van der Waals surface area contributed by atoms with Gasteiger partial charge in [-0.25, -0.2) is 0 Å². The van der Waals surface area contributed by atoms with Gasteiger partial charge in [-0.2, -0.15) is 18.3 Å². The highest BCUT2D eigenvalue weighted by Crippen LogP contribution is 2.34. The molecule has 8 heteroatoms. The molecule has 0 radical (unpaired) electrons. The van der Waals surface area contributed by atoms with Crippen molar-refractivity contribution in [1.29, 1.82) is 0 Å².